The van der Waals surface area contributed by atoms with Crippen molar-refractivity contribution >= 4 is 27.5 Å². The van der Waals surface area contributed by atoms with E-state index < -0.39 is 28.8 Å². The number of carbonyl (C=O) groups is 1. The first-order chi connectivity index (χ1) is 12.8. The lowest BCUT2D eigenvalue weighted by Gasteiger charge is -2.15. The van der Waals surface area contributed by atoms with Crippen molar-refractivity contribution in [2.45, 2.75) is 32.9 Å². The Kier molecular flexibility index (Phi) is 5.22. The SMILES string of the molecule is CC[C@@H](C)NC(=O)Cn1c(=O)n(-c2cc(F)cc(F)c2)c(=O)c2sccc21. The minimum absolute atomic E-state index is 0.0746. The summed E-state index contributed by atoms with van der Waals surface area (Å²) in [5.41, 5.74) is -1.44. The summed E-state index contributed by atoms with van der Waals surface area (Å²) in [5, 5.41) is 4.37. The first-order valence-corrected chi connectivity index (χ1v) is 9.18. The molecule has 0 saturated heterocycles. The number of amides is 1. The molecule has 0 aliphatic heterocycles. The number of nitrogens with zero attached hydrogens (tertiary/aromatic N) is 2. The first-order valence-electron chi connectivity index (χ1n) is 8.30. The second-order valence-corrected chi connectivity index (χ2v) is 7.06. The summed E-state index contributed by atoms with van der Waals surface area (Å²) in [7, 11) is 0. The third kappa shape index (κ3) is 3.68. The van der Waals surface area contributed by atoms with E-state index in [9.17, 15) is 23.2 Å². The fraction of sp³-hybridized carbons (Fsp3) is 0.278. The maximum atomic E-state index is 13.6. The molecular weight excluding hydrogens is 376 g/mol. The van der Waals surface area contributed by atoms with Crippen LogP contribution < -0.4 is 16.6 Å². The van der Waals surface area contributed by atoms with Gasteiger partial charge in [0.05, 0.1) is 11.2 Å². The molecule has 1 N–H and O–H groups in total. The molecule has 9 heteroatoms. The fourth-order valence-corrected chi connectivity index (χ4v) is 3.53. The zero-order valence-electron chi connectivity index (χ0n) is 14.7. The molecule has 142 valence electrons. The zero-order chi connectivity index (χ0) is 19.7. The number of hydrogen-bond acceptors (Lipinski definition) is 4. The Morgan fingerprint density at radius 1 is 1.22 bits per heavy atom. The van der Waals surface area contributed by atoms with Crippen molar-refractivity contribution in [3.63, 3.8) is 0 Å². The maximum absolute atomic E-state index is 13.6. The van der Waals surface area contributed by atoms with E-state index in [-0.39, 0.29) is 23.0 Å². The van der Waals surface area contributed by atoms with Crippen molar-refractivity contribution in [2.24, 2.45) is 0 Å². The van der Waals surface area contributed by atoms with E-state index in [1.54, 1.807) is 11.4 Å². The quantitative estimate of drug-likeness (QED) is 0.724. The standard InChI is InChI=1S/C18H17F2N3O3S/c1-3-10(2)21-15(24)9-22-14-4-5-27-16(14)17(25)23(18(22)26)13-7-11(19)6-12(20)8-13/h4-8,10H,3,9H2,1-2H3,(H,21,24)/t10-/m1/s1. The average Bonchev–Trinajstić information content (AvgIpc) is 3.07. The van der Waals surface area contributed by atoms with Crippen LogP contribution >= 0.6 is 11.3 Å². The topological polar surface area (TPSA) is 73.1 Å². The smallest absolute Gasteiger partial charge is 0.336 e. The van der Waals surface area contributed by atoms with Gasteiger partial charge in [0.25, 0.3) is 5.56 Å². The number of aromatic nitrogens is 2. The molecule has 6 nitrogen and oxygen atoms in total. The highest BCUT2D eigenvalue weighted by Crippen LogP contribution is 2.17. The lowest BCUT2D eigenvalue weighted by atomic mass is 10.2. The number of rotatable bonds is 5. The van der Waals surface area contributed by atoms with Crippen molar-refractivity contribution in [3.8, 4) is 5.69 Å². The second kappa shape index (κ2) is 7.43. The molecule has 0 spiro atoms. The van der Waals surface area contributed by atoms with Crippen molar-refractivity contribution in [3.05, 3.63) is 62.1 Å². The normalized spacial score (nSPS) is 12.3. The number of fused-ring (bicyclic) bond motifs is 1. The van der Waals surface area contributed by atoms with E-state index in [0.29, 0.717) is 16.2 Å². The van der Waals surface area contributed by atoms with Gasteiger partial charge in [-0.25, -0.2) is 18.1 Å². The first kappa shape index (κ1) is 19.0. The largest absolute Gasteiger partial charge is 0.352 e. The summed E-state index contributed by atoms with van der Waals surface area (Å²) >= 11 is 1.09. The number of benzene rings is 1. The van der Waals surface area contributed by atoms with Crippen molar-refractivity contribution in [2.75, 3.05) is 0 Å². The summed E-state index contributed by atoms with van der Waals surface area (Å²) in [4.78, 5) is 37.9. The molecule has 0 bridgehead atoms. The van der Waals surface area contributed by atoms with Crippen LogP contribution in [-0.2, 0) is 11.3 Å². The fourth-order valence-electron chi connectivity index (χ4n) is 2.70. The molecule has 1 aromatic carbocycles. The Morgan fingerprint density at radius 2 is 1.89 bits per heavy atom. The van der Waals surface area contributed by atoms with Crippen LogP contribution in [0.3, 0.4) is 0 Å². The molecule has 1 amide bonds. The molecule has 2 heterocycles. The molecule has 0 aliphatic carbocycles. The minimum atomic E-state index is -0.913. The number of carbonyl (C=O) groups excluding carboxylic acids is 1. The Hall–Kier alpha value is -2.81. The number of halogens is 2. The van der Waals surface area contributed by atoms with Crippen molar-refractivity contribution in [1.29, 1.82) is 0 Å². The Labute approximate surface area is 156 Å². The lowest BCUT2D eigenvalue weighted by Crippen LogP contribution is -2.42. The van der Waals surface area contributed by atoms with Gasteiger partial charge in [0.2, 0.25) is 5.91 Å². The summed E-state index contributed by atoms with van der Waals surface area (Å²) < 4.78 is 29.2. The van der Waals surface area contributed by atoms with Gasteiger partial charge in [-0.05, 0) is 36.9 Å². The molecule has 0 aliphatic rings. The van der Waals surface area contributed by atoms with Crippen molar-refractivity contribution in [1.82, 2.24) is 14.5 Å². The highest BCUT2D eigenvalue weighted by atomic mass is 32.1. The van der Waals surface area contributed by atoms with E-state index in [0.717, 1.165) is 34.5 Å². The molecule has 1 atom stereocenters. The minimum Gasteiger partial charge on any atom is -0.352 e. The van der Waals surface area contributed by atoms with Crippen molar-refractivity contribution < 1.29 is 13.6 Å². The van der Waals surface area contributed by atoms with Crippen LogP contribution in [0, 0.1) is 11.6 Å². The highest BCUT2D eigenvalue weighted by Gasteiger charge is 2.18. The van der Waals surface area contributed by atoms with Crippen LogP contribution in [0.5, 0.6) is 0 Å². The maximum Gasteiger partial charge on any atom is 0.336 e. The van der Waals surface area contributed by atoms with E-state index in [2.05, 4.69) is 5.32 Å². The zero-order valence-corrected chi connectivity index (χ0v) is 15.5. The van der Waals surface area contributed by atoms with Gasteiger partial charge < -0.3 is 5.32 Å². The number of nitrogens with one attached hydrogen (secondary N) is 1. The van der Waals surface area contributed by atoms with Crippen LogP contribution in [0.2, 0.25) is 0 Å². The van der Waals surface area contributed by atoms with E-state index in [1.165, 1.54) is 0 Å². The Morgan fingerprint density at radius 3 is 2.52 bits per heavy atom. The molecule has 0 unspecified atom stereocenters. The van der Waals surface area contributed by atoms with E-state index in [4.69, 9.17) is 0 Å². The third-order valence-electron chi connectivity index (χ3n) is 4.18. The Balaban J connectivity index is 2.20. The van der Waals surface area contributed by atoms with E-state index >= 15 is 0 Å². The van der Waals surface area contributed by atoms with Gasteiger partial charge in [-0.15, -0.1) is 11.3 Å². The monoisotopic (exact) mass is 393 g/mol. The van der Waals surface area contributed by atoms with Gasteiger partial charge in [-0.2, -0.15) is 0 Å². The molecule has 0 fully saturated rings. The average molecular weight is 393 g/mol. The van der Waals surface area contributed by atoms with Crippen LogP contribution in [0.25, 0.3) is 15.9 Å². The Bertz CT molecular complexity index is 1110. The predicted octanol–water partition coefficient (Wildman–Crippen LogP) is 2.41. The highest BCUT2D eigenvalue weighted by molar-refractivity contribution is 7.17. The summed E-state index contributed by atoms with van der Waals surface area (Å²) in [6.45, 7) is 3.43. The van der Waals surface area contributed by atoms with Gasteiger partial charge in [0, 0.05) is 12.1 Å². The predicted molar refractivity (Wildman–Crippen MR) is 99.5 cm³/mol. The molecule has 2 aromatic heterocycles. The van der Waals surface area contributed by atoms with Gasteiger partial charge in [0.15, 0.2) is 0 Å². The van der Waals surface area contributed by atoms with Gasteiger partial charge >= 0.3 is 5.69 Å². The molecule has 3 rings (SSSR count). The second-order valence-electron chi connectivity index (χ2n) is 6.15. The van der Waals surface area contributed by atoms with Gasteiger partial charge in [0.1, 0.15) is 22.9 Å². The van der Waals surface area contributed by atoms with E-state index in [1.807, 2.05) is 13.8 Å². The van der Waals surface area contributed by atoms with Crippen LogP contribution in [0.4, 0.5) is 8.78 Å². The summed E-state index contributed by atoms with van der Waals surface area (Å²) in [5.74, 6) is -2.22. The summed E-state index contributed by atoms with van der Waals surface area (Å²) in [6.07, 6.45) is 0.719. The lowest BCUT2D eigenvalue weighted by molar-refractivity contribution is -0.122. The molecule has 0 radical (unpaired) electrons. The van der Waals surface area contributed by atoms with Crippen LogP contribution in [0.1, 0.15) is 20.3 Å². The third-order valence-corrected chi connectivity index (χ3v) is 5.07. The number of hydrogen-bond donors (Lipinski definition) is 1. The molecular formula is C18H17F2N3O3S. The molecule has 0 saturated carbocycles. The van der Waals surface area contributed by atoms with Crippen LogP contribution in [0.15, 0.2) is 39.2 Å². The van der Waals surface area contributed by atoms with Crippen LogP contribution in [-0.4, -0.2) is 21.1 Å². The number of thiophene rings is 1. The summed E-state index contributed by atoms with van der Waals surface area (Å²) in [6, 6.07) is 3.94. The van der Waals surface area contributed by atoms with Gasteiger partial charge in [-0.3, -0.25) is 14.2 Å². The molecule has 27 heavy (non-hydrogen) atoms. The van der Waals surface area contributed by atoms with Gasteiger partial charge in [-0.1, -0.05) is 6.92 Å². The molecule has 3 aromatic rings.